The van der Waals surface area contributed by atoms with Crippen LogP contribution in [0.4, 0.5) is 0 Å². The second-order valence-corrected chi connectivity index (χ2v) is 4.44. The summed E-state index contributed by atoms with van der Waals surface area (Å²) in [5.74, 6) is 0.893. The van der Waals surface area contributed by atoms with Crippen molar-refractivity contribution in [3.8, 4) is 11.4 Å². The van der Waals surface area contributed by atoms with E-state index in [1.165, 1.54) is 0 Å². The van der Waals surface area contributed by atoms with Gasteiger partial charge in [-0.2, -0.15) is 4.98 Å². The third-order valence-corrected chi connectivity index (χ3v) is 3.29. The fourth-order valence-electron chi connectivity index (χ4n) is 1.46. The third kappa shape index (κ3) is 1.88. The van der Waals surface area contributed by atoms with Crippen molar-refractivity contribution in [3.05, 3.63) is 46.9 Å². The molecule has 3 heterocycles. The molecule has 1 atom stereocenters. The number of aromatic nitrogens is 2. The number of hydrogen-bond donors (Lipinski definition) is 1. The van der Waals surface area contributed by atoms with Crippen LogP contribution < -0.4 is 5.73 Å². The van der Waals surface area contributed by atoms with Crippen LogP contribution in [0.25, 0.3) is 11.4 Å². The van der Waals surface area contributed by atoms with Crippen molar-refractivity contribution in [2.45, 2.75) is 6.04 Å². The molecule has 0 saturated heterocycles. The first-order chi connectivity index (χ1) is 8.34. The summed E-state index contributed by atoms with van der Waals surface area (Å²) in [4.78, 5) is 5.25. The Hall–Kier alpha value is -1.92. The number of hydrogen-bond acceptors (Lipinski definition) is 6. The molecule has 0 fully saturated rings. The smallest absolute Gasteiger partial charge is 0.249 e. The summed E-state index contributed by atoms with van der Waals surface area (Å²) in [5.41, 5.74) is 6.79. The Labute approximate surface area is 101 Å². The van der Waals surface area contributed by atoms with Crippen molar-refractivity contribution in [2.75, 3.05) is 0 Å². The highest BCUT2D eigenvalue weighted by Gasteiger charge is 2.18. The van der Waals surface area contributed by atoms with Crippen LogP contribution in [0.1, 0.15) is 16.8 Å². The average molecular weight is 247 g/mol. The molecule has 2 N–H and O–H groups in total. The number of furan rings is 1. The van der Waals surface area contributed by atoms with Crippen LogP contribution in [0.5, 0.6) is 0 Å². The summed E-state index contributed by atoms with van der Waals surface area (Å²) in [6, 6.07) is 5.28. The molecule has 0 aliphatic rings. The molecule has 0 spiro atoms. The summed E-state index contributed by atoms with van der Waals surface area (Å²) in [6.07, 6.45) is 3.12. The molecule has 0 aromatic carbocycles. The third-order valence-electron chi connectivity index (χ3n) is 2.34. The average Bonchev–Trinajstić information content (AvgIpc) is 3.09. The minimum Gasteiger partial charge on any atom is -0.472 e. The van der Waals surface area contributed by atoms with E-state index in [9.17, 15) is 0 Å². The van der Waals surface area contributed by atoms with Gasteiger partial charge in [0.05, 0.1) is 11.8 Å². The SMILES string of the molecule is NC(c1nc(-c2ccoc2)no1)c1cccs1. The molecule has 17 heavy (non-hydrogen) atoms. The van der Waals surface area contributed by atoms with E-state index in [1.54, 1.807) is 29.9 Å². The summed E-state index contributed by atoms with van der Waals surface area (Å²) in [7, 11) is 0. The highest BCUT2D eigenvalue weighted by molar-refractivity contribution is 7.10. The number of rotatable bonds is 3. The van der Waals surface area contributed by atoms with Gasteiger partial charge in [-0.15, -0.1) is 11.3 Å². The lowest BCUT2D eigenvalue weighted by molar-refractivity contribution is 0.368. The summed E-state index contributed by atoms with van der Waals surface area (Å²) < 4.78 is 10.1. The van der Waals surface area contributed by atoms with E-state index in [0.29, 0.717) is 11.7 Å². The quantitative estimate of drug-likeness (QED) is 0.769. The van der Waals surface area contributed by atoms with E-state index in [1.807, 2.05) is 17.5 Å². The first-order valence-corrected chi connectivity index (χ1v) is 5.88. The Morgan fingerprint density at radius 3 is 3.00 bits per heavy atom. The first-order valence-electron chi connectivity index (χ1n) is 5.00. The Bertz CT molecular complexity index is 586. The zero-order valence-electron chi connectivity index (χ0n) is 8.74. The zero-order valence-corrected chi connectivity index (χ0v) is 9.55. The van der Waals surface area contributed by atoms with Gasteiger partial charge in [0.2, 0.25) is 11.7 Å². The Kier molecular flexibility index (Phi) is 2.50. The summed E-state index contributed by atoms with van der Waals surface area (Å²) >= 11 is 1.56. The highest BCUT2D eigenvalue weighted by atomic mass is 32.1. The molecule has 86 valence electrons. The second kappa shape index (κ2) is 4.15. The molecule has 0 amide bonds. The predicted octanol–water partition coefficient (Wildman–Crippen LogP) is 2.44. The maximum atomic E-state index is 6.02. The fourth-order valence-corrected chi connectivity index (χ4v) is 2.18. The first kappa shape index (κ1) is 10.2. The maximum absolute atomic E-state index is 6.02. The summed E-state index contributed by atoms with van der Waals surface area (Å²) in [5, 5.41) is 5.83. The van der Waals surface area contributed by atoms with Crippen LogP contribution in [-0.2, 0) is 0 Å². The van der Waals surface area contributed by atoms with E-state index in [4.69, 9.17) is 14.7 Å². The van der Waals surface area contributed by atoms with E-state index in [-0.39, 0.29) is 6.04 Å². The molecule has 0 aliphatic heterocycles. The minimum atomic E-state index is -0.372. The molecule has 3 aromatic rings. The van der Waals surface area contributed by atoms with Gasteiger partial charge in [-0.1, -0.05) is 11.2 Å². The van der Waals surface area contributed by atoms with Crippen LogP contribution in [0, 0.1) is 0 Å². The topological polar surface area (TPSA) is 78.1 Å². The van der Waals surface area contributed by atoms with Crippen molar-refractivity contribution in [1.29, 1.82) is 0 Å². The van der Waals surface area contributed by atoms with Gasteiger partial charge in [0.1, 0.15) is 12.3 Å². The van der Waals surface area contributed by atoms with E-state index < -0.39 is 0 Å². The molecule has 0 bridgehead atoms. The lowest BCUT2D eigenvalue weighted by atomic mass is 10.2. The molecule has 5 nitrogen and oxygen atoms in total. The van der Waals surface area contributed by atoms with Gasteiger partial charge in [-0.05, 0) is 17.5 Å². The normalized spacial score (nSPS) is 12.8. The van der Waals surface area contributed by atoms with Gasteiger partial charge in [-0.25, -0.2) is 0 Å². The van der Waals surface area contributed by atoms with Gasteiger partial charge in [-0.3, -0.25) is 0 Å². The largest absolute Gasteiger partial charge is 0.472 e. The van der Waals surface area contributed by atoms with E-state index in [2.05, 4.69) is 10.1 Å². The van der Waals surface area contributed by atoms with Crippen LogP contribution in [0.2, 0.25) is 0 Å². The van der Waals surface area contributed by atoms with Gasteiger partial charge in [0.15, 0.2) is 0 Å². The van der Waals surface area contributed by atoms with Crippen LogP contribution in [0.3, 0.4) is 0 Å². The van der Waals surface area contributed by atoms with Gasteiger partial charge in [0.25, 0.3) is 0 Å². The van der Waals surface area contributed by atoms with E-state index in [0.717, 1.165) is 10.4 Å². The van der Waals surface area contributed by atoms with Gasteiger partial charge in [0, 0.05) is 4.88 Å². The summed E-state index contributed by atoms with van der Waals surface area (Å²) in [6.45, 7) is 0. The lowest BCUT2D eigenvalue weighted by Crippen LogP contribution is -2.10. The minimum absolute atomic E-state index is 0.372. The molecule has 0 saturated carbocycles. The Balaban J connectivity index is 1.90. The Morgan fingerprint density at radius 2 is 2.29 bits per heavy atom. The Morgan fingerprint density at radius 1 is 1.35 bits per heavy atom. The molecular weight excluding hydrogens is 238 g/mol. The van der Waals surface area contributed by atoms with Crippen molar-refractivity contribution in [2.24, 2.45) is 5.73 Å². The molecule has 3 aromatic heterocycles. The van der Waals surface area contributed by atoms with E-state index >= 15 is 0 Å². The van der Waals surface area contributed by atoms with Gasteiger partial charge < -0.3 is 14.7 Å². The van der Waals surface area contributed by atoms with Crippen LogP contribution in [0.15, 0.2) is 45.0 Å². The molecule has 1 unspecified atom stereocenters. The van der Waals surface area contributed by atoms with Crippen LogP contribution in [-0.4, -0.2) is 10.1 Å². The molecule has 0 aliphatic carbocycles. The monoisotopic (exact) mass is 247 g/mol. The predicted molar refractivity (Wildman–Crippen MR) is 62.3 cm³/mol. The molecule has 0 radical (unpaired) electrons. The number of thiophene rings is 1. The van der Waals surface area contributed by atoms with Crippen molar-refractivity contribution < 1.29 is 8.94 Å². The zero-order chi connectivity index (χ0) is 11.7. The van der Waals surface area contributed by atoms with Crippen molar-refractivity contribution >= 4 is 11.3 Å². The maximum Gasteiger partial charge on any atom is 0.249 e. The molecule has 3 rings (SSSR count). The number of nitrogens with zero attached hydrogens (tertiary/aromatic N) is 2. The van der Waals surface area contributed by atoms with Gasteiger partial charge >= 0.3 is 0 Å². The number of nitrogens with two attached hydrogens (primary N) is 1. The highest BCUT2D eigenvalue weighted by Crippen LogP contribution is 2.24. The molecule has 6 heteroatoms. The standard InChI is InChI=1S/C11H9N3O2S/c12-9(8-2-1-5-17-8)11-13-10(14-16-11)7-3-4-15-6-7/h1-6,9H,12H2. The fraction of sp³-hybridized carbons (Fsp3) is 0.0909. The van der Waals surface area contributed by atoms with Crippen molar-refractivity contribution in [3.63, 3.8) is 0 Å². The van der Waals surface area contributed by atoms with Crippen molar-refractivity contribution in [1.82, 2.24) is 10.1 Å². The lowest BCUT2D eigenvalue weighted by Gasteiger charge is -2.01. The molecular formula is C11H9N3O2S. The second-order valence-electron chi connectivity index (χ2n) is 3.46. The van der Waals surface area contributed by atoms with Crippen LogP contribution >= 0.6 is 11.3 Å².